The summed E-state index contributed by atoms with van der Waals surface area (Å²) in [6.45, 7) is 0.992. The molecular formula is C21H24FN3O4S. The maximum Gasteiger partial charge on any atom is 0.241 e. The number of hydrogen-bond acceptors (Lipinski definition) is 4. The number of sulfonamides is 1. The van der Waals surface area contributed by atoms with Crippen molar-refractivity contribution in [2.75, 3.05) is 23.7 Å². The highest BCUT2D eigenvalue weighted by Gasteiger charge is 2.22. The Morgan fingerprint density at radius 2 is 1.80 bits per heavy atom. The molecule has 160 valence electrons. The first-order chi connectivity index (χ1) is 14.2. The van der Waals surface area contributed by atoms with Crippen molar-refractivity contribution >= 4 is 27.5 Å². The van der Waals surface area contributed by atoms with Crippen LogP contribution in [-0.4, -0.2) is 44.5 Å². The Morgan fingerprint density at radius 3 is 2.40 bits per heavy atom. The lowest BCUT2D eigenvalue weighted by Crippen LogP contribution is -2.40. The van der Waals surface area contributed by atoms with Crippen LogP contribution in [0.25, 0.3) is 0 Å². The van der Waals surface area contributed by atoms with Crippen LogP contribution < -0.4 is 9.62 Å². The van der Waals surface area contributed by atoms with Crippen molar-refractivity contribution in [3.05, 3.63) is 65.5 Å². The van der Waals surface area contributed by atoms with Gasteiger partial charge in [-0.1, -0.05) is 24.3 Å². The van der Waals surface area contributed by atoms with Gasteiger partial charge in [0.05, 0.1) is 11.9 Å². The molecule has 0 spiro atoms. The Kier molecular flexibility index (Phi) is 6.71. The summed E-state index contributed by atoms with van der Waals surface area (Å²) in [5, 5.41) is 2.74. The minimum Gasteiger partial charge on any atom is -0.350 e. The van der Waals surface area contributed by atoms with E-state index in [9.17, 15) is 22.4 Å². The number of benzene rings is 2. The van der Waals surface area contributed by atoms with E-state index in [0.29, 0.717) is 13.0 Å². The van der Waals surface area contributed by atoms with Crippen LogP contribution in [0.4, 0.5) is 10.1 Å². The average molecular weight is 434 g/mol. The van der Waals surface area contributed by atoms with E-state index in [1.807, 2.05) is 24.3 Å². The highest BCUT2D eigenvalue weighted by Crippen LogP contribution is 2.19. The third kappa shape index (κ3) is 5.56. The lowest BCUT2D eigenvalue weighted by Gasteiger charge is -2.22. The van der Waals surface area contributed by atoms with Crippen LogP contribution in [0.5, 0.6) is 0 Å². The van der Waals surface area contributed by atoms with E-state index in [1.165, 1.54) is 12.1 Å². The van der Waals surface area contributed by atoms with E-state index in [-0.39, 0.29) is 18.1 Å². The molecule has 3 rings (SSSR count). The van der Waals surface area contributed by atoms with Crippen LogP contribution in [0, 0.1) is 5.82 Å². The molecule has 30 heavy (non-hydrogen) atoms. The first-order valence-corrected chi connectivity index (χ1v) is 11.4. The SMILES string of the molecule is CS(=O)(=O)N(CC(=O)NCc1ccccc1CN1CCCC1=O)c1ccc(F)cc1. The van der Waals surface area contributed by atoms with Gasteiger partial charge in [0.2, 0.25) is 21.8 Å². The smallest absolute Gasteiger partial charge is 0.241 e. The zero-order chi connectivity index (χ0) is 21.7. The molecule has 0 radical (unpaired) electrons. The highest BCUT2D eigenvalue weighted by atomic mass is 32.2. The molecule has 2 aromatic carbocycles. The van der Waals surface area contributed by atoms with Crippen molar-refractivity contribution in [3.63, 3.8) is 0 Å². The molecule has 1 aliphatic heterocycles. The number of likely N-dealkylation sites (tertiary alicyclic amines) is 1. The van der Waals surface area contributed by atoms with Gasteiger partial charge >= 0.3 is 0 Å². The predicted octanol–water partition coefficient (Wildman–Crippen LogP) is 2.03. The second kappa shape index (κ2) is 9.25. The normalized spacial score (nSPS) is 14.1. The van der Waals surface area contributed by atoms with Crippen molar-refractivity contribution in [2.45, 2.75) is 25.9 Å². The fourth-order valence-corrected chi connectivity index (χ4v) is 4.20. The second-order valence-electron chi connectivity index (χ2n) is 7.21. The summed E-state index contributed by atoms with van der Waals surface area (Å²) in [6.07, 6.45) is 2.40. The van der Waals surface area contributed by atoms with Crippen molar-refractivity contribution in [2.24, 2.45) is 0 Å². The van der Waals surface area contributed by atoms with Gasteiger partial charge in [0.25, 0.3) is 0 Å². The van der Waals surface area contributed by atoms with E-state index in [4.69, 9.17) is 0 Å². The van der Waals surface area contributed by atoms with Gasteiger partial charge in [-0.2, -0.15) is 0 Å². The molecule has 1 aliphatic rings. The molecule has 0 saturated carbocycles. The van der Waals surface area contributed by atoms with E-state index in [0.717, 1.165) is 46.8 Å². The Hall–Kier alpha value is -2.94. The minimum absolute atomic E-state index is 0.122. The van der Waals surface area contributed by atoms with Crippen LogP contribution >= 0.6 is 0 Å². The van der Waals surface area contributed by atoms with Crippen LogP contribution in [0.15, 0.2) is 48.5 Å². The molecule has 1 heterocycles. The molecular weight excluding hydrogens is 409 g/mol. The predicted molar refractivity (Wildman–Crippen MR) is 112 cm³/mol. The number of hydrogen-bond donors (Lipinski definition) is 1. The minimum atomic E-state index is -3.73. The van der Waals surface area contributed by atoms with Gasteiger partial charge in [-0.3, -0.25) is 13.9 Å². The zero-order valence-electron chi connectivity index (χ0n) is 16.7. The Bertz CT molecular complexity index is 1020. The number of nitrogens with zero attached hydrogens (tertiary/aromatic N) is 2. The molecule has 0 bridgehead atoms. The molecule has 2 aromatic rings. The van der Waals surface area contributed by atoms with Crippen LogP contribution in [0.3, 0.4) is 0 Å². The van der Waals surface area contributed by atoms with E-state index < -0.39 is 28.3 Å². The van der Waals surface area contributed by atoms with Crippen LogP contribution in [0.1, 0.15) is 24.0 Å². The molecule has 1 saturated heterocycles. The fraction of sp³-hybridized carbons (Fsp3) is 0.333. The quantitative estimate of drug-likeness (QED) is 0.690. The van der Waals surface area contributed by atoms with Crippen LogP contribution in [0.2, 0.25) is 0 Å². The Labute approximate surface area is 175 Å². The largest absolute Gasteiger partial charge is 0.350 e. The first-order valence-electron chi connectivity index (χ1n) is 9.58. The van der Waals surface area contributed by atoms with Gasteiger partial charge in [-0.25, -0.2) is 12.8 Å². The van der Waals surface area contributed by atoms with E-state index >= 15 is 0 Å². The topological polar surface area (TPSA) is 86.8 Å². The fourth-order valence-electron chi connectivity index (χ4n) is 3.35. The van der Waals surface area contributed by atoms with E-state index in [1.54, 1.807) is 4.90 Å². The number of halogens is 1. The Balaban J connectivity index is 1.66. The second-order valence-corrected chi connectivity index (χ2v) is 9.12. The monoisotopic (exact) mass is 433 g/mol. The number of nitrogens with one attached hydrogen (secondary N) is 1. The lowest BCUT2D eigenvalue weighted by atomic mass is 10.1. The summed E-state index contributed by atoms with van der Waals surface area (Å²) >= 11 is 0. The first kappa shape index (κ1) is 21.8. The highest BCUT2D eigenvalue weighted by molar-refractivity contribution is 7.92. The van der Waals surface area contributed by atoms with Gasteiger partial charge in [-0.15, -0.1) is 0 Å². The average Bonchev–Trinajstić information content (AvgIpc) is 3.10. The Morgan fingerprint density at radius 1 is 1.13 bits per heavy atom. The van der Waals surface area contributed by atoms with Crippen molar-refractivity contribution in [1.82, 2.24) is 10.2 Å². The molecule has 7 nitrogen and oxygen atoms in total. The van der Waals surface area contributed by atoms with Gasteiger partial charge in [0.15, 0.2) is 0 Å². The van der Waals surface area contributed by atoms with Crippen molar-refractivity contribution in [3.8, 4) is 0 Å². The molecule has 0 aliphatic carbocycles. The summed E-state index contributed by atoms with van der Waals surface area (Å²) in [5.74, 6) is -0.863. The summed E-state index contributed by atoms with van der Waals surface area (Å²) < 4.78 is 38.3. The number of carbonyl (C=O) groups is 2. The maximum atomic E-state index is 13.2. The number of rotatable bonds is 8. The summed E-state index contributed by atoms with van der Waals surface area (Å²) in [4.78, 5) is 26.2. The summed E-state index contributed by atoms with van der Waals surface area (Å²) in [7, 11) is -3.73. The number of amides is 2. The lowest BCUT2D eigenvalue weighted by molar-refractivity contribution is -0.128. The van der Waals surface area contributed by atoms with Crippen LogP contribution in [-0.2, 0) is 32.7 Å². The molecule has 1 fully saturated rings. The van der Waals surface area contributed by atoms with Gasteiger partial charge in [-0.05, 0) is 41.8 Å². The molecule has 1 N–H and O–H groups in total. The summed E-state index contributed by atoms with van der Waals surface area (Å²) in [6, 6.07) is 12.4. The number of anilines is 1. The molecule has 0 atom stereocenters. The van der Waals surface area contributed by atoms with Crippen molar-refractivity contribution < 1.29 is 22.4 Å². The third-order valence-electron chi connectivity index (χ3n) is 4.93. The summed E-state index contributed by atoms with van der Waals surface area (Å²) in [5.41, 5.74) is 2.01. The van der Waals surface area contributed by atoms with E-state index in [2.05, 4.69) is 5.32 Å². The molecule has 0 aromatic heterocycles. The maximum absolute atomic E-state index is 13.2. The molecule has 2 amide bonds. The zero-order valence-corrected chi connectivity index (χ0v) is 17.5. The third-order valence-corrected chi connectivity index (χ3v) is 6.07. The number of carbonyl (C=O) groups excluding carboxylic acids is 2. The van der Waals surface area contributed by atoms with Gasteiger partial charge < -0.3 is 10.2 Å². The van der Waals surface area contributed by atoms with Crippen molar-refractivity contribution in [1.29, 1.82) is 0 Å². The molecule has 9 heteroatoms. The standard InChI is InChI=1S/C21H24FN3O4S/c1-30(28,29)25(19-10-8-18(22)9-11-19)15-20(26)23-13-16-5-2-3-6-17(16)14-24-12-4-7-21(24)27/h2-3,5-6,8-11H,4,7,12-15H2,1H3,(H,23,26). The van der Waals surface area contributed by atoms with Gasteiger partial charge in [0, 0.05) is 26.1 Å². The van der Waals surface area contributed by atoms with Gasteiger partial charge in [0.1, 0.15) is 12.4 Å². The molecule has 0 unspecified atom stereocenters.